The first-order valence-electron chi connectivity index (χ1n) is 6.10. The lowest BCUT2D eigenvalue weighted by molar-refractivity contribution is -0.132. The molecule has 4 nitrogen and oxygen atoms in total. The number of anilines is 1. The number of nitrogens with zero attached hydrogens (tertiary/aromatic N) is 2. The van der Waals surface area contributed by atoms with Crippen molar-refractivity contribution in [3.63, 3.8) is 0 Å². The monoisotopic (exact) mass is 235 g/mol. The predicted octanol–water partition coefficient (Wildman–Crippen LogP) is 2.06. The van der Waals surface area contributed by atoms with Crippen molar-refractivity contribution in [2.24, 2.45) is 0 Å². The minimum Gasteiger partial charge on any atom is -0.379 e. The van der Waals surface area contributed by atoms with E-state index >= 15 is 0 Å². The molecule has 1 aliphatic rings. The van der Waals surface area contributed by atoms with Crippen LogP contribution >= 0.6 is 0 Å². The van der Waals surface area contributed by atoms with Gasteiger partial charge >= 0.3 is 0 Å². The smallest absolute Gasteiger partial charge is 0.219 e. The van der Waals surface area contributed by atoms with Crippen LogP contribution in [0.3, 0.4) is 0 Å². The summed E-state index contributed by atoms with van der Waals surface area (Å²) in [6, 6.07) is 4.34. The molecule has 1 amide bonds. The first-order valence-corrected chi connectivity index (χ1v) is 6.10. The van der Waals surface area contributed by atoms with Gasteiger partial charge in [-0.3, -0.25) is 9.78 Å². The quantitative estimate of drug-likeness (QED) is 0.853. The van der Waals surface area contributed by atoms with Crippen LogP contribution in [-0.2, 0) is 4.79 Å². The molecule has 0 bridgehead atoms. The molecule has 1 aliphatic heterocycles. The van der Waals surface area contributed by atoms with E-state index in [2.05, 4.69) is 10.3 Å². The number of carbonyl (C=O) groups excluding carboxylic acids is 1. The van der Waals surface area contributed by atoms with Gasteiger partial charge in [0.25, 0.3) is 0 Å². The molecule has 94 valence electrons. The zero-order valence-electron chi connectivity index (χ0n) is 11.0. The van der Waals surface area contributed by atoms with Crippen LogP contribution in [0.15, 0.2) is 18.3 Å². The van der Waals surface area contributed by atoms with Gasteiger partial charge in [-0.15, -0.1) is 0 Å². The van der Waals surface area contributed by atoms with Crippen LogP contribution in [0.2, 0.25) is 0 Å². The van der Waals surface area contributed by atoms with Gasteiger partial charge in [0.2, 0.25) is 5.91 Å². The van der Waals surface area contributed by atoms with Gasteiger partial charge in [-0.1, -0.05) is 13.8 Å². The third-order valence-corrected chi connectivity index (χ3v) is 2.59. The zero-order valence-corrected chi connectivity index (χ0v) is 11.0. The molecule has 2 heterocycles. The molecule has 0 unspecified atom stereocenters. The Kier molecular flexibility index (Phi) is 4.94. The number of rotatable bonds is 2. The maximum absolute atomic E-state index is 11.0. The largest absolute Gasteiger partial charge is 0.379 e. The number of aryl methyl sites for hydroxylation is 1. The predicted molar refractivity (Wildman–Crippen MR) is 70.0 cm³/mol. The molecule has 0 saturated carbocycles. The second-order valence-corrected chi connectivity index (χ2v) is 3.95. The highest BCUT2D eigenvalue weighted by atomic mass is 16.2. The molecule has 0 aliphatic carbocycles. The molecule has 4 heteroatoms. The van der Waals surface area contributed by atoms with Crippen molar-refractivity contribution in [2.45, 2.75) is 33.7 Å². The molecule has 1 aromatic heterocycles. The van der Waals surface area contributed by atoms with Crippen molar-refractivity contribution in [3.05, 3.63) is 24.0 Å². The first-order chi connectivity index (χ1) is 8.15. The molecule has 0 spiro atoms. The van der Waals surface area contributed by atoms with E-state index in [1.165, 1.54) is 0 Å². The van der Waals surface area contributed by atoms with Crippen LogP contribution in [0.25, 0.3) is 0 Å². The Morgan fingerprint density at radius 3 is 2.65 bits per heavy atom. The number of aromatic nitrogens is 1. The second-order valence-electron chi connectivity index (χ2n) is 3.95. The summed E-state index contributed by atoms with van der Waals surface area (Å²) in [6.45, 7) is 9.17. The van der Waals surface area contributed by atoms with Gasteiger partial charge in [-0.05, 0) is 19.1 Å². The summed E-state index contributed by atoms with van der Waals surface area (Å²) in [5.41, 5.74) is 2.08. The van der Waals surface area contributed by atoms with Crippen LogP contribution in [0.5, 0.6) is 0 Å². The average Bonchev–Trinajstić information content (AvgIpc) is 2.25. The minimum atomic E-state index is 0.152. The standard InChI is InChI=1S/C11H15N3O.C2H6/c1-8-5-10(3-4-12-8)13-11-6-14(7-11)9(2)15;1-2/h3-5,11H,6-7H2,1-2H3,(H,12,13);1-2H3. The van der Waals surface area contributed by atoms with Crippen molar-refractivity contribution in [1.82, 2.24) is 9.88 Å². The summed E-state index contributed by atoms with van der Waals surface area (Å²) in [5, 5.41) is 3.37. The maximum Gasteiger partial charge on any atom is 0.219 e. The molecular formula is C13H21N3O. The van der Waals surface area contributed by atoms with Gasteiger partial charge < -0.3 is 10.2 Å². The lowest BCUT2D eigenvalue weighted by atomic mass is 10.1. The third-order valence-electron chi connectivity index (χ3n) is 2.59. The number of hydrogen-bond donors (Lipinski definition) is 1. The fourth-order valence-corrected chi connectivity index (χ4v) is 1.70. The Bertz CT molecular complexity index is 373. The van der Waals surface area contributed by atoms with E-state index in [1.54, 1.807) is 13.1 Å². The van der Waals surface area contributed by atoms with Crippen molar-refractivity contribution >= 4 is 11.6 Å². The molecule has 1 fully saturated rings. The van der Waals surface area contributed by atoms with E-state index < -0.39 is 0 Å². The van der Waals surface area contributed by atoms with Crippen molar-refractivity contribution in [3.8, 4) is 0 Å². The molecule has 1 aromatic rings. The van der Waals surface area contributed by atoms with E-state index in [0.29, 0.717) is 6.04 Å². The summed E-state index contributed by atoms with van der Waals surface area (Å²) in [6.07, 6.45) is 1.79. The molecular weight excluding hydrogens is 214 g/mol. The normalized spacial score (nSPS) is 14.5. The highest BCUT2D eigenvalue weighted by molar-refractivity contribution is 5.74. The van der Waals surface area contributed by atoms with E-state index in [-0.39, 0.29) is 5.91 Å². The summed E-state index contributed by atoms with van der Waals surface area (Å²) in [7, 11) is 0. The second kappa shape index (κ2) is 6.23. The van der Waals surface area contributed by atoms with Gasteiger partial charge in [-0.2, -0.15) is 0 Å². The van der Waals surface area contributed by atoms with Crippen molar-refractivity contribution in [1.29, 1.82) is 0 Å². The van der Waals surface area contributed by atoms with E-state index in [9.17, 15) is 4.79 Å². The Morgan fingerprint density at radius 1 is 1.47 bits per heavy atom. The Morgan fingerprint density at radius 2 is 2.12 bits per heavy atom. The first kappa shape index (κ1) is 13.5. The fraction of sp³-hybridized carbons (Fsp3) is 0.538. The Hall–Kier alpha value is -1.58. The van der Waals surface area contributed by atoms with Crippen LogP contribution in [0, 0.1) is 6.92 Å². The number of hydrogen-bond acceptors (Lipinski definition) is 3. The van der Waals surface area contributed by atoms with Gasteiger partial charge in [0, 0.05) is 37.6 Å². The van der Waals surface area contributed by atoms with Crippen LogP contribution < -0.4 is 5.32 Å². The van der Waals surface area contributed by atoms with E-state index in [0.717, 1.165) is 24.5 Å². The SMILES string of the molecule is CC.CC(=O)N1CC(Nc2ccnc(C)c2)C1. The molecule has 1 saturated heterocycles. The van der Waals surface area contributed by atoms with Gasteiger partial charge in [-0.25, -0.2) is 0 Å². The van der Waals surface area contributed by atoms with E-state index in [4.69, 9.17) is 0 Å². The molecule has 0 atom stereocenters. The number of pyridine rings is 1. The van der Waals surface area contributed by atoms with Crippen LogP contribution in [0.4, 0.5) is 5.69 Å². The lowest BCUT2D eigenvalue weighted by Crippen LogP contribution is -2.56. The zero-order chi connectivity index (χ0) is 12.8. The molecule has 17 heavy (non-hydrogen) atoms. The van der Waals surface area contributed by atoms with Gasteiger partial charge in [0.05, 0.1) is 6.04 Å². The number of likely N-dealkylation sites (tertiary alicyclic amines) is 1. The summed E-state index contributed by atoms with van der Waals surface area (Å²) >= 11 is 0. The minimum absolute atomic E-state index is 0.152. The summed E-state index contributed by atoms with van der Waals surface area (Å²) in [5.74, 6) is 0.152. The fourth-order valence-electron chi connectivity index (χ4n) is 1.70. The number of amides is 1. The van der Waals surface area contributed by atoms with Crippen molar-refractivity contribution in [2.75, 3.05) is 18.4 Å². The lowest BCUT2D eigenvalue weighted by Gasteiger charge is -2.39. The van der Waals surface area contributed by atoms with Crippen LogP contribution in [0.1, 0.15) is 26.5 Å². The maximum atomic E-state index is 11.0. The summed E-state index contributed by atoms with van der Waals surface area (Å²) < 4.78 is 0. The average molecular weight is 235 g/mol. The summed E-state index contributed by atoms with van der Waals surface area (Å²) in [4.78, 5) is 16.9. The molecule has 0 radical (unpaired) electrons. The highest BCUT2D eigenvalue weighted by Gasteiger charge is 2.28. The molecule has 0 aromatic carbocycles. The molecule has 2 rings (SSSR count). The third kappa shape index (κ3) is 3.73. The highest BCUT2D eigenvalue weighted by Crippen LogP contribution is 2.15. The van der Waals surface area contributed by atoms with Crippen molar-refractivity contribution < 1.29 is 4.79 Å². The number of carbonyl (C=O) groups is 1. The number of nitrogens with one attached hydrogen (secondary N) is 1. The van der Waals surface area contributed by atoms with E-state index in [1.807, 2.05) is 37.8 Å². The van der Waals surface area contributed by atoms with Gasteiger partial charge in [0.15, 0.2) is 0 Å². The Labute approximate surface area is 103 Å². The topological polar surface area (TPSA) is 45.2 Å². The Balaban J connectivity index is 0.000000686. The molecule has 1 N–H and O–H groups in total. The van der Waals surface area contributed by atoms with Gasteiger partial charge in [0.1, 0.15) is 0 Å². The van der Waals surface area contributed by atoms with Crippen LogP contribution in [-0.4, -0.2) is 34.9 Å².